The molecule has 8 heteroatoms. The molecule has 0 bridgehead atoms. The number of sulfonamides is 1. The van der Waals surface area contributed by atoms with Crippen molar-refractivity contribution in [3.63, 3.8) is 0 Å². The van der Waals surface area contributed by atoms with Gasteiger partial charge in [0, 0.05) is 16.2 Å². The number of nitrogens with one attached hydrogen (secondary N) is 1. The van der Waals surface area contributed by atoms with Gasteiger partial charge in [0.15, 0.2) is 0 Å². The number of nitrogens with zero attached hydrogens (tertiary/aromatic N) is 3. The Labute approximate surface area is 148 Å². The molecule has 6 nitrogen and oxygen atoms in total. The normalized spacial score (nSPS) is 11.7. The van der Waals surface area contributed by atoms with E-state index in [1.54, 1.807) is 29.2 Å². The van der Waals surface area contributed by atoms with Crippen molar-refractivity contribution in [2.45, 2.75) is 4.90 Å². The molecule has 0 saturated carbocycles. The monoisotopic (exact) mass is 404 g/mol. The molecule has 0 saturated heterocycles. The Morgan fingerprint density at radius 1 is 1.08 bits per heavy atom. The van der Waals surface area contributed by atoms with Crippen LogP contribution < -0.4 is 4.83 Å². The van der Waals surface area contributed by atoms with Crippen LogP contribution >= 0.6 is 15.9 Å². The van der Waals surface area contributed by atoms with Gasteiger partial charge in [0.05, 0.1) is 23.0 Å². The number of para-hydroxylation sites is 1. The molecule has 3 rings (SSSR count). The van der Waals surface area contributed by atoms with Crippen LogP contribution in [0.2, 0.25) is 0 Å². The van der Waals surface area contributed by atoms with E-state index in [1.807, 2.05) is 30.3 Å². The summed E-state index contributed by atoms with van der Waals surface area (Å²) < 4.78 is 26.7. The van der Waals surface area contributed by atoms with E-state index in [0.29, 0.717) is 5.56 Å². The third-order valence-corrected chi connectivity index (χ3v) is 4.90. The maximum atomic E-state index is 12.1. The average molecular weight is 405 g/mol. The molecule has 0 spiro atoms. The number of hydrogen-bond donors (Lipinski definition) is 1. The van der Waals surface area contributed by atoms with E-state index in [2.05, 4.69) is 31.0 Å². The summed E-state index contributed by atoms with van der Waals surface area (Å²) in [5.74, 6) is 0. The quantitative estimate of drug-likeness (QED) is 0.524. The SMILES string of the molecule is O=S(=O)(N/N=C\c1cnn(-c2ccccc2)c1)c1ccc(Br)cc1. The van der Waals surface area contributed by atoms with Crippen molar-refractivity contribution >= 4 is 32.2 Å². The molecule has 0 unspecified atom stereocenters. The summed E-state index contributed by atoms with van der Waals surface area (Å²) in [5.41, 5.74) is 1.59. The lowest BCUT2D eigenvalue weighted by Crippen LogP contribution is -2.18. The van der Waals surface area contributed by atoms with Crippen molar-refractivity contribution in [1.29, 1.82) is 0 Å². The van der Waals surface area contributed by atoms with Crippen LogP contribution in [0.4, 0.5) is 0 Å². The van der Waals surface area contributed by atoms with Crippen LogP contribution in [-0.4, -0.2) is 24.4 Å². The molecule has 0 aliphatic carbocycles. The highest BCUT2D eigenvalue weighted by Gasteiger charge is 2.11. The largest absolute Gasteiger partial charge is 0.276 e. The first-order valence-corrected chi connectivity index (χ1v) is 9.23. The molecular formula is C16H13BrN4O2S. The van der Waals surface area contributed by atoms with E-state index in [1.165, 1.54) is 18.3 Å². The van der Waals surface area contributed by atoms with Crippen molar-refractivity contribution in [2.75, 3.05) is 0 Å². The second-order valence-electron chi connectivity index (χ2n) is 4.86. The van der Waals surface area contributed by atoms with Crippen LogP contribution in [0.3, 0.4) is 0 Å². The summed E-state index contributed by atoms with van der Waals surface area (Å²) in [6, 6.07) is 15.9. The third kappa shape index (κ3) is 3.90. The fraction of sp³-hybridized carbons (Fsp3) is 0. The van der Waals surface area contributed by atoms with E-state index in [-0.39, 0.29) is 4.90 Å². The minimum absolute atomic E-state index is 0.142. The maximum absolute atomic E-state index is 12.1. The van der Waals surface area contributed by atoms with Gasteiger partial charge in [0.1, 0.15) is 0 Å². The van der Waals surface area contributed by atoms with Gasteiger partial charge in [-0.1, -0.05) is 34.1 Å². The van der Waals surface area contributed by atoms with Crippen LogP contribution in [0.5, 0.6) is 0 Å². The van der Waals surface area contributed by atoms with E-state index in [9.17, 15) is 8.42 Å². The smallest absolute Gasteiger partial charge is 0.240 e. The summed E-state index contributed by atoms with van der Waals surface area (Å²) in [6.45, 7) is 0. The predicted molar refractivity (Wildman–Crippen MR) is 95.6 cm³/mol. The molecule has 2 aromatic carbocycles. The van der Waals surface area contributed by atoms with Gasteiger partial charge < -0.3 is 0 Å². The topological polar surface area (TPSA) is 76.3 Å². The Bertz CT molecular complexity index is 951. The second-order valence-corrected chi connectivity index (χ2v) is 7.44. The molecular weight excluding hydrogens is 392 g/mol. The molecule has 0 amide bonds. The van der Waals surface area contributed by atoms with Crippen LogP contribution in [-0.2, 0) is 10.0 Å². The van der Waals surface area contributed by atoms with Gasteiger partial charge in [0.2, 0.25) is 0 Å². The first-order chi connectivity index (χ1) is 11.5. The minimum Gasteiger partial charge on any atom is -0.240 e. The van der Waals surface area contributed by atoms with E-state index in [0.717, 1.165) is 10.2 Å². The fourth-order valence-corrected chi connectivity index (χ4v) is 3.02. The Morgan fingerprint density at radius 2 is 1.79 bits per heavy atom. The lowest BCUT2D eigenvalue weighted by atomic mass is 10.3. The van der Waals surface area contributed by atoms with Gasteiger partial charge in [-0.25, -0.2) is 9.51 Å². The van der Waals surface area contributed by atoms with Crippen LogP contribution in [0.1, 0.15) is 5.56 Å². The summed E-state index contributed by atoms with van der Waals surface area (Å²) in [5, 5.41) is 8.00. The maximum Gasteiger partial charge on any atom is 0.276 e. The summed E-state index contributed by atoms with van der Waals surface area (Å²) in [7, 11) is -3.69. The minimum atomic E-state index is -3.69. The van der Waals surface area contributed by atoms with Gasteiger partial charge in [-0.2, -0.15) is 18.6 Å². The highest BCUT2D eigenvalue weighted by molar-refractivity contribution is 9.10. The van der Waals surface area contributed by atoms with Crippen molar-refractivity contribution < 1.29 is 8.42 Å². The van der Waals surface area contributed by atoms with Crippen molar-refractivity contribution in [2.24, 2.45) is 5.10 Å². The second kappa shape index (κ2) is 6.98. The van der Waals surface area contributed by atoms with Gasteiger partial charge in [0.25, 0.3) is 10.0 Å². The lowest BCUT2D eigenvalue weighted by molar-refractivity contribution is 0.584. The van der Waals surface area contributed by atoms with Gasteiger partial charge in [-0.05, 0) is 36.4 Å². The number of rotatable bonds is 5. The molecule has 122 valence electrons. The number of aromatic nitrogens is 2. The highest BCUT2D eigenvalue weighted by Crippen LogP contribution is 2.14. The Morgan fingerprint density at radius 3 is 2.50 bits per heavy atom. The zero-order chi connectivity index (χ0) is 17.0. The molecule has 3 aromatic rings. The number of halogens is 1. The molecule has 24 heavy (non-hydrogen) atoms. The Balaban J connectivity index is 1.70. The summed E-state index contributed by atoms with van der Waals surface area (Å²) in [4.78, 5) is 2.32. The average Bonchev–Trinajstić information content (AvgIpc) is 3.05. The molecule has 0 radical (unpaired) electrons. The van der Waals surface area contributed by atoms with E-state index >= 15 is 0 Å². The third-order valence-electron chi connectivity index (χ3n) is 3.13. The molecule has 1 aromatic heterocycles. The van der Waals surface area contributed by atoms with Gasteiger partial charge >= 0.3 is 0 Å². The number of hydrogen-bond acceptors (Lipinski definition) is 4. The van der Waals surface area contributed by atoms with E-state index in [4.69, 9.17) is 0 Å². The van der Waals surface area contributed by atoms with Crippen LogP contribution in [0.15, 0.2) is 81.5 Å². The summed E-state index contributed by atoms with van der Waals surface area (Å²) in [6.07, 6.45) is 4.76. The lowest BCUT2D eigenvalue weighted by Gasteiger charge is -2.02. The zero-order valence-corrected chi connectivity index (χ0v) is 14.8. The molecule has 0 atom stereocenters. The van der Waals surface area contributed by atoms with Gasteiger partial charge in [-0.15, -0.1) is 0 Å². The van der Waals surface area contributed by atoms with E-state index < -0.39 is 10.0 Å². The van der Waals surface area contributed by atoms with Crippen molar-refractivity contribution in [3.05, 3.63) is 77.0 Å². The number of benzene rings is 2. The fourth-order valence-electron chi connectivity index (χ4n) is 1.96. The van der Waals surface area contributed by atoms with Gasteiger partial charge in [-0.3, -0.25) is 0 Å². The molecule has 0 fully saturated rings. The number of hydrazone groups is 1. The standard InChI is InChI=1S/C16H13BrN4O2S/c17-14-6-8-16(9-7-14)24(22,23)20-18-10-13-11-19-21(12-13)15-4-2-1-3-5-15/h1-12,20H/b18-10-. The molecule has 1 heterocycles. The predicted octanol–water partition coefficient (Wildman–Crippen LogP) is 2.95. The summed E-state index contributed by atoms with van der Waals surface area (Å²) >= 11 is 3.26. The van der Waals surface area contributed by atoms with Crippen LogP contribution in [0.25, 0.3) is 5.69 Å². The van der Waals surface area contributed by atoms with Crippen molar-refractivity contribution in [1.82, 2.24) is 14.6 Å². The van der Waals surface area contributed by atoms with Crippen LogP contribution in [0, 0.1) is 0 Å². The molecule has 0 aliphatic rings. The molecule has 0 aliphatic heterocycles. The highest BCUT2D eigenvalue weighted by atomic mass is 79.9. The zero-order valence-electron chi connectivity index (χ0n) is 12.4. The van der Waals surface area contributed by atoms with Crippen molar-refractivity contribution in [3.8, 4) is 5.69 Å². The first-order valence-electron chi connectivity index (χ1n) is 6.95. The Hall–Kier alpha value is -2.45. The Kier molecular flexibility index (Phi) is 4.77. The molecule has 1 N–H and O–H groups in total. The first kappa shape index (κ1) is 16.4.